The Hall–Kier alpha value is -1.84. The molecule has 0 aromatic rings. The number of rotatable bonds is 3. The fraction of sp³-hybridized carbons (Fsp3) is 0.529. The minimum atomic E-state index is -0.0681. The fourth-order valence-electron chi connectivity index (χ4n) is 1.56. The zero-order chi connectivity index (χ0) is 16.7. The highest BCUT2D eigenvalue weighted by Crippen LogP contribution is 2.01. The van der Waals surface area contributed by atoms with Crippen LogP contribution in [0.1, 0.15) is 41.0 Å². The van der Waals surface area contributed by atoms with Crippen molar-refractivity contribution < 1.29 is 9.59 Å². The van der Waals surface area contributed by atoms with Crippen LogP contribution in [0.5, 0.6) is 0 Å². The van der Waals surface area contributed by atoms with Crippen LogP contribution in [0.3, 0.4) is 0 Å². The van der Waals surface area contributed by atoms with Crippen LogP contribution in [0.4, 0.5) is 0 Å². The van der Waals surface area contributed by atoms with Gasteiger partial charge in [0.2, 0.25) is 11.8 Å². The Morgan fingerprint density at radius 2 is 2.05 bits per heavy atom. The van der Waals surface area contributed by atoms with Crippen molar-refractivity contribution in [2.45, 2.75) is 41.0 Å². The number of carbonyl (C=O) groups excluding carboxylic acids is 2. The second-order valence-electron chi connectivity index (χ2n) is 4.12. The number of amides is 2. The molecule has 0 unspecified atom stereocenters. The molecule has 0 spiro atoms. The molecule has 1 aliphatic rings. The lowest BCUT2D eigenvalue weighted by atomic mass is 10.2. The van der Waals surface area contributed by atoms with Gasteiger partial charge in [0.25, 0.3) is 0 Å². The van der Waals surface area contributed by atoms with E-state index < -0.39 is 0 Å². The Balaban J connectivity index is 0. The van der Waals surface area contributed by atoms with Gasteiger partial charge in [0.15, 0.2) is 0 Å². The third-order valence-corrected chi connectivity index (χ3v) is 2.60. The topological polar surface area (TPSA) is 49.4 Å². The Morgan fingerprint density at radius 1 is 1.43 bits per heavy atom. The van der Waals surface area contributed by atoms with Crippen LogP contribution in [0.15, 0.2) is 36.5 Å². The maximum absolute atomic E-state index is 10.7. The number of piperazine rings is 1. The molecule has 0 aromatic carbocycles. The summed E-state index contributed by atoms with van der Waals surface area (Å²) in [4.78, 5) is 22.9. The lowest BCUT2D eigenvalue weighted by Crippen LogP contribution is -2.49. The fourth-order valence-corrected chi connectivity index (χ4v) is 1.56. The predicted octanol–water partition coefficient (Wildman–Crippen LogP) is 3.08. The lowest BCUT2D eigenvalue weighted by Gasteiger charge is -2.25. The van der Waals surface area contributed by atoms with E-state index in [0.717, 1.165) is 6.42 Å². The van der Waals surface area contributed by atoms with Gasteiger partial charge in [-0.2, -0.15) is 0 Å². The SMILES string of the molecule is C=C/C=C(\C=C/C)CC.CC.CC(=O)N1CCNC(=O)C1. The molecule has 1 rings (SSSR count). The van der Waals surface area contributed by atoms with Gasteiger partial charge in [-0.3, -0.25) is 9.59 Å². The Morgan fingerprint density at radius 3 is 2.38 bits per heavy atom. The average molecular weight is 294 g/mol. The molecule has 1 fully saturated rings. The van der Waals surface area contributed by atoms with Crippen LogP contribution >= 0.6 is 0 Å². The van der Waals surface area contributed by atoms with E-state index in [-0.39, 0.29) is 18.4 Å². The lowest BCUT2D eigenvalue weighted by molar-refractivity contribution is -0.136. The molecule has 4 heteroatoms. The van der Waals surface area contributed by atoms with Gasteiger partial charge in [0.05, 0.1) is 6.54 Å². The van der Waals surface area contributed by atoms with E-state index in [9.17, 15) is 9.59 Å². The van der Waals surface area contributed by atoms with Crippen molar-refractivity contribution in [3.63, 3.8) is 0 Å². The van der Waals surface area contributed by atoms with E-state index in [2.05, 4.69) is 24.9 Å². The highest BCUT2D eigenvalue weighted by atomic mass is 16.2. The molecule has 0 aromatic heterocycles. The molecule has 0 atom stereocenters. The number of carbonyl (C=O) groups is 2. The average Bonchev–Trinajstić information content (AvgIpc) is 2.49. The third-order valence-electron chi connectivity index (χ3n) is 2.60. The molecule has 120 valence electrons. The number of nitrogens with zero attached hydrogens (tertiary/aromatic N) is 1. The predicted molar refractivity (Wildman–Crippen MR) is 90.0 cm³/mol. The molecule has 1 heterocycles. The van der Waals surface area contributed by atoms with Crippen LogP contribution in [-0.4, -0.2) is 36.3 Å². The Kier molecular flexibility index (Phi) is 14.9. The van der Waals surface area contributed by atoms with Crippen molar-refractivity contribution in [3.8, 4) is 0 Å². The zero-order valence-corrected chi connectivity index (χ0v) is 14.1. The molecule has 21 heavy (non-hydrogen) atoms. The van der Waals surface area contributed by atoms with E-state index >= 15 is 0 Å². The molecule has 0 saturated carbocycles. The molecule has 0 bridgehead atoms. The van der Waals surface area contributed by atoms with E-state index in [1.54, 1.807) is 0 Å². The first kappa shape index (κ1) is 21.5. The van der Waals surface area contributed by atoms with Gasteiger partial charge >= 0.3 is 0 Å². The molecule has 0 aliphatic carbocycles. The van der Waals surface area contributed by atoms with Gasteiger partial charge in [-0.1, -0.05) is 51.7 Å². The van der Waals surface area contributed by atoms with Crippen LogP contribution in [-0.2, 0) is 9.59 Å². The summed E-state index contributed by atoms with van der Waals surface area (Å²) in [6.45, 7) is 14.7. The summed E-state index contributed by atoms with van der Waals surface area (Å²) < 4.78 is 0. The van der Waals surface area contributed by atoms with E-state index in [1.807, 2.05) is 39.0 Å². The van der Waals surface area contributed by atoms with Crippen molar-refractivity contribution in [2.24, 2.45) is 0 Å². The van der Waals surface area contributed by atoms with Crippen molar-refractivity contribution in [1.82, 2.24) is 10.2 Å². The monoisotopic (exact) mass is 294 g/mol. The highest BCUT2D eigenvalue weighted by Gasteiger charge is 2.17. The summed E-state index contributed by atoms with van der Waals surface area (Å²) in [5.74, 6) is -0.101. The second kappa shape index (κ2) is 14.6. The zero-order valence-electron chi connectivity index (χ0n) is 14.1. The molecule has 0 radical (unpaired) electrons. The van der Waals surface area contributed by atoms with Crippen LogP contribution in [0.2, 0.25) is 0 Å². The van der Waals surface area contributed by atoms with Crippen molar-refractivity contribution >= 4 is 11.8 Å². The van der Waals surface area contributed by atoms with Crippen LogP contribution < -0.4 is 5.32 Å². The molecule has 2 amide bonds. The number of hydrogen-bond donors (Lipinski definition) is 1. The summed E-state index contributed by atoms with van der Waals surface area (Å²) in [5, 5.41) is 2.63. The van der Waals surface area contributed by atoms with E-state index in [1.165, 1.54) is 17.4 Å². The minimum Gasteiger partial charge on any atom is -0.353 e. The van der Waals surface area contributed by atoms with Crippen molar-refractivity contribution in [3.05, 3.63) is 36.5 Å². The Labute approximate surface area is 129 Å². The van der Waals surface area contributed by atoms with Gasteiger partial charge in [0.1, 0.15) is 0 Å². The molecule has 4 nitrogen and oxygen atoms in total. The van der Waals surface area contributed by atoms with Gasteiger partial charge in [0, 0.05) is 20.0 Å². The number of hydrogen-bond acceptors (Lipinski definition) is 2. The van der Waals surface area contributed by atoms with E-state index in [0.29, 0.717) is 13.1 Å². The van der Waals surface area contributed by atoms with Gasteiger partial charge < -0.3 is 10.2 Å². The first-order valence-electron chi connectivity index (χ1n) is 7.51. The van der Waals surface area contributed by atoms with Gasteiger partial charge in [-0.25, -0.2) is 0 Å². The van der Waals surface area contributed by atoms with Crippen LogP contribution in [0.25, 0.3) is 0 Å². The molecule has 1 saturated heterocycles. The van der Waals surface area contributed by atoms with E-state index in [4.69, 9.17) is 0 Å². The van der Waals surface area contributed by atoms with Gasteiger partial charge in [-0.05, 0) is 18.9 Å². The summed E-state index contributed by atoms with van der Waals surface area (Å²) in [6.07, 6.45) is 9.07. The van der Waals surface area contributed by atoms with Gasteiger partial charge in [-0.15, -0.1) is 0 Å². The minimum absolute atomic E-state index is 0.0325. The normalized spacial score (nSPS) is 14.4. The largest absolute Gasteiger partial charge is 0.353 e. The molecular weight excluding hydrogens is 264 g/mol. The summed E-state index contributed by atoms with van der Waals surface area (Å²) in [7, 11) is 0. The molecular formula is C17H30N2O2. The standard InChI is InChI=1S/C9H14.C6H10N2O2.C2H6/c1-4-7-9(6-3)8-5-2;1-5(9)8-3-2-7-6(10)4-8;1-2/h4-5,7-8H,1,6H2,2-3H3;2-4H2,1H3,(H,7,10);1-2H3/b8-5-,9-7-;;. The maximum Gasteiger partial charge on any atom is 0.239 e. The first-order valence-corrected chi connectivity index (χ1v) is 7.51. The first-order chi connectivity index (χ1) is 10.0. The van der Waals surface area contributed by atoms with Crippen molar-refractivity contribution in [2.75, 3.05) is 19.6 Å². The van der Waals surface area contributed by atoms with Crippen LogP contribution in [0, 0.1) is 0 Å². The highest BCUT2D eigenvalue weighted by molar-refractivity contribution is 5.84. The molecule has 1 N–H and O–H groups in total. The smallest absolute Gasteiger partial charge is 0.239 e. The summed E-state index contributed by atoms with van der Waals surface area (Å²) in [5.41, 5.74) is 1.33. The quantitative estimate of drug-likeness (QED) is 0.813. The summed E-state index contributed by atoms with van der Waals surface area (Å²) in [6, 6.07) is 0. The maximum atomic E-state index is 10.7. The second-order valence-corrected chi connectivity index (χ2v) is 4.12. The van der Waals surface area contributed by atoms with Crippen molar-refractivity contribution in [1.29, 1.82) is 0 Å². The molecule has 1 aliphatic heterocycles. The number of allylic oxidation sites excluding steroid dienone is 5. The number of nitrogens with one attached hydrogen (secondary N) is 1. The third kappa shape index (κ3) is 11.7. The Bertz CT molecular complexity index is 369. The summed E-state index contributed by atoms with van der Waals surface area (Å²) >= 11 is 0.